The van der Waals surface area contributed by atoms with Gasteiger partial charge in [-0.2, -0.15) is 0 Å². The Morgan fingerprint density at radius 1 is 1.12 bits per heavy atom. The van der Waals surface area contributed by atoms with Crippen LogP contribution in [-0.2, 0) is 0 Å². The van der Waals surface area contributed by atoms with E-state index in [0.717, 1.165) is 5.69 Å². The molecule has 0 aliphatic heterocycles. The standard InChI is InChI=1S/C13H12FNO/c1-15-10-5-6-13(14)12(8-10)9-3-2-4-11(16)7-9/h2-8,15-16H,1H3. The Balaban J connectivity index is 2.54. The van der Waals surface area contributed by atoms with Crippen LogP contribution in [0, 0.1) is 5.82 Å². The van der Waals surface area contributed by atoms with Crippen LogP contribution >= 0.6 is 0 Å². The molecule has 3 heteroatoms. The SMILES string of the molecule is CNc1ccc(F)c(-c2cccc(O)c2)c1. The highest BCUT2D eigenvalue weighted by Crippen LogP contribution is 2.28. The van der Waals surface area contributed by atoms with Gasteiger partial charge in [0, 0.05) is 18.3 Å². The summed E-state index contributed by atoms with van der Waals surface area (Å²) in [5.74, 6) is -0.170. The molecule has 0 atom stereocenters. The van der Waals surface area contributed by atoms with E-state index in [1.165, 1.54) is 12.1 Å². The fraction of sp³-hybridized carbons (Fsp3) is 0.0769. The number of hydrogen-bond acceptors (Lipinski definition) is 2. The van der Waals surface area contributed by atoms with Gasteiger partial charge in [-0.1, -0.05) is 12.1 Å². The fourth-order valence-corrected chi connectivity index (χ4v) is 1.58. The van der Waals surface area contributed by atoms with Crippen LogP contribution in [0.1, 0.15) is 0 Å². The number of phenolic OH excluding ortho intramolecular Hbond substituents is 1. The quantitative estimate of drug-likeness (QED) is 0.809. The van der Waals surface area contributed by atoms with Gasteiger partial charge in [0.25, 0.3) is 0 Å². The summed E-state index contributed by atoms with van der Waals surface area (Å²) in [4.78, 5) is 0. The number of halogens is 1. The summed E-state index contributed by atoms with van der Waals surface area (Å²) in [7, 11) is 1.78. The van der Waals surface area contributed by atoms with Gasteiger partial charge in [0.1, 0.15) is 11.6 Å². The van der Waals surface area contributed by atoms with Crippen molar-refractivity contribution in [3.8, 4) is 16.9 Å². The van der Waals surface area contributed by atoms with Crippen LogP contribution in [0.15, 0.2) is 42.5 Å². The molecule has 0 saturated carbocycles. The monoisotopic (exact) mass is 217 g/mol. The Kier molecular flexibility index (Phi) is 2.77. The summed E-state index contributed by atoms with van der Waals surface area (Å²) in [6, 6.07) is 11.3. The summed E-state index contributed by atoms with van der Waals surface area (Å²) >= 11 is 0. The Labute approximate surface area is 93.4 Å². The molecular weight excluding hydrogens is 205 g/mol. The molecule has 0 aromatic heterocycles. The van der Waals surface area contributed by atoms with Gasteiger partial charge in [-0.25, -0.2) is 4.39 Å². The zero-order valence-corrected chi connectivity index (χ0v) is 8.87. The van der Waals surface area contributed by atoms with Crippen LogP contribution in [0.25, 0.3) is 11.1 Å². The summed E-state index contributed by atoms with van der Waals surface area (Å²) in [5, 5.41) is 12.3. The highest BCUT2D eigenvalue weighted by molar-refractivity contribution is 5.69. The predicted molar refractivity (Wildman–Crippen MR) is 63.0 cm³/mol. The summed E-state index contributed by atoms with van der Waals surface area (Å²) in [6.07, 6.45) is 0. The molecule has 0 bridgehead atoms. The van der Waals surface area contributed by atoms with Gasteiger partial charge >= 0.3 is 0 Å². The molecule has 0 aliphatic carbocycles. The third-order valence-electron chi connectivity index (χ3n) is 2.41. The average molecular weight is 217 g/mol. The summed E-state index contributed by atoms with van der Waals surface area (Å²) in [5.41, 5.74) is 1.97. The maximum absolute atomic E-state index is 13.6. The lowest BCUT2D eigenvalue weighted by Crippen LogP contribution is -1.91. The number of aromatic hydroxyl groups is 1. The van der Waals surface area contributed by atoms with Crippen molar-refractivity contribution in [3.63, 3.8) is 0 Å². The number of benzene rings is 2. The molecule has 0 unspecified atom stereocenters. The molecule has 2 aromatic rings. The number of anilines is 1. The number of hydrogen-bond donors (Lipinski definition) is 2. The van der Waals surface area contributed by atoms with Crippen LogP contribution in [0.2, 0.25) is 0 Å². The largest absolute Gasteiger partial charge is 0.508 e. The topological polar surface area (TPSA) is 32.3 Å². The molecule has 2 rings (SSSR count). The summed E-state index contributed by atoms with van der Waals surface area (Å²) < 4.78 is 13.6. The van der Waals surface area contributed by atoms with Crippen LogP contribution in [0.4, 0.5) is 10.1 Å². The van der Waals surface area contributed by atoms with Gasteiger partial charge in [0.15, 0.2) is 0 Å². The smallest absolute Gasteiger partial charge is 0.131 e. The third kappa shape index (κ3) is 1.98. The first-order valence-corrected chi connectivity index (χ1v) is 4.97. The Morgan fingerprint density at radius 3 is 2.62 bits per heavy atom. The van der Waals surface area contributed by atoms with E-state index in [2.05, 4.69) is 5.32 Å². The molecule has 0 heterocycles. The van der Waals surface area contributed by atoms with Gasteiger partial charge in [-0.3, -0.25) is 0 Å². The zero-order chi connectivity index (χ0) is 11.5. The van der Waals surface area contributed by atoms with Gasteiger partial charge in [-0.05, 0) is 35.9 Å². The lowest BCUT2D eigenvalue weighted by Gasteiger charge is -2.07. The summed E-state index contributed by atoms with van der Waals surface area (Å²) in [6.45, 7) is 0. The van der Waals surface area contributed by atoms with E-state index in [9.17, 15) is 9.50 Å². The number of nitrogens with one attached hydrogen (secondary N) is 1. The molecule has 0 fully saturated rings. The maximum Gasteiger partial charge on any atom is 0.131 e. The van der Waals surface area contributed by atoms with Gasteiger partial charge < -0.3 is 10.4 Å². The second-order valence-corrected chi connectivity index (χ2v) is 3.49. The van der Waals surface area contributed by atoms with Crippen molar-refractivity contribution in [1.82, 2.24) is 0 Å². The molecular formula is C13H12FNO. The van der Waals surface area contributed by atoms with E-state index in [1.807, 2.05) is 0 Å². The number of rotatable bonds is 2. The fourth-order valence-electron chi connectivity index (χ4n) is 1.58. The van der Waals surface area contributed by atoms with Crippen LogP contribution in [-0.4, -0.2) is 12.2 Å². The van der Waals surface area contributed by atoms with Gasteiger partial charge in [0.2, 0.25) is 0 Å². The molecule has 0 aliphatic rings. The minimum Gasteiger partial charge on any atom is -0.508 e. The molecule has 82 valence electrons. The van der Waals surface area contributed by atoms with Crippen molar-refractivity contribution in [3.05, 3.63) is 48.3 Å². The zero-order valence-electron chi connectivity index (χ0n) is 8.87. The van der Waals surface area contributed by atoms with Gasteiger partial charge in [0.05, 0.1) is 0 Å². The number of phenols is 1. The van der Waals surface area contributed by atoms with Crippen molar-refractivity contribution < 1.29 is 9.50 Å². The lowest BCUT2D eigenvalue weighted by molar-refractivity contribution is 0.475. The van der Waals surface area contributed by atoms with Crippen LogP contribution in [0.3, 0.4) is 0 Å². The van der Waals surface area contributed by atoms with E-state index in [0.29, 0.717) is 11.1 Å². The van der Waals surface area contributed by atoms with E-state index in [1.54, 1.807) is 37.4 Å². The molecule has 0 amide bonds. The Hall–Kier alpha value is -2.03. The second kappa shape index (κ2) is 4.23. The molecule has 0 saturated heterocycles. The van der Waals surface area contributed by atoms with Crippen molar-refractivity contribution in [2.75, 3.05) is 12.4 Å². The third-order valence-corrected chi connectivity index (χ3v) is 2.41. The van der Waals surface area contributed by atoms with Crippen LogP contribution < -0.4 is 5.32 Å². The highest BCUT2D eigenvalue weighted by atomic mass is 19.1. The highest BCUT2D eigenvalue weighted by Gasteiger charge is 2.06. The Morgan fingerprint density at radius 2 is 1.94 bits per heavy atom. The van der Waals surface area contributed by atoms with Crippen molar-refractivity contribution in [2.45, 2.75) is 0 Å². The molecule has 2 nitrogen and oxygen atoms in total. The average Bonchev–Trinajstić information content (AvgIpc) is 2.30. The van der Waals surface area contributed by atoms with E-state index < -0.39 is 0 Å². The molecule has 0 radical (unpaired) electrons. The first-order valence-electron chi connectivity index (χ1n) is 4.97. The van der Waals surface area contributed by atoms with E-state index in [-0.39, 0.29) is 11.6 Å². The van der Waals surface area contributed by atoms with Crippen molar-refractivity contribution >= 4 is 5.69 Å². The molecule has 16 heavy (non-hydrogen) atoms. The molecule has 2 aromatic carbocycles. The van der Waals surface area contributed by atoms with E-state index >= 15 is 0 Å². The normalized spacial score (nSPS) is 10.1. The first-order chi connectivity index (χ1) is 7.70. The maximum atomic E-state index is 13.6. The minimum atomic E-state index is -0.301. The minimum absolute atomic E-state index is 0.131. The van der Waals surface area contributed by atoms with E-state index in [4.69, 9.17) is 0 Å². The Bertz CT molecular complexity index is 511. The van der Waals surface area contributed by atoms with Crippen LogP contribution in [0.5, 0.6) is 5.75 Å². The van der Waals surface area contributed by atoms with Gasteiger partial charge in [-0.15, -0.1) is 0 Å². The lowest BCUT2D eigenvalue weighted by atomic mass is 10.0. The molecule has 0 spiro atoms. The predicted octanol–water partition coefficient (Wildman–Crippen LogP) is 3.24. The molecule has 2 N–H and O–H groups in total. The van der Waals surface area contributed by atoms with Crippen molar-refractivity contribution in [1.29, 1.82) is 0 Å². The van der Waals surface area contributed by atoms with Crippen molar-refractivity contribution in [2.24, 2.45) is 0 Å². The first kappa shape index (κ1) is 10.5. The second-order valence-electron chi connectivity index (χ2n) is 3.49.